The summed E-state index contributed by atoms with van der Waals surface area (Å²) >= 11 is 0. The molecule has 1 unspecified atom stereocenters. The van der Waals surface area contributed by atoms with Gasteiger partial charge in [0.25, 0.3) is 11.5 Å². The van der Waals surface area contributed by atoms with E-state index in [0.717, 1.165) is 25.0 Å². The number of hydrogen-bond acceptors (Lipinski definition) is 8. The number of hydrogen-bond donors (Lipinski definition) is 5. The molecule has 1 amide bonds. The van der Waals surface area contributed by atoms with Gasteiger partial charge in [-0.05, 0) is 48.9 Å². The van der Waals surface area contributed by atoms with Gasteiger partial charge in [0.2, 0.25) is 5.95 Å². The van der Waals surface area contributed by atoms with Crippen molar-refractivity contribution in [2.45, 2.75) is 37.3 Å². The number of pyridine rings is 2. The summed E-state index contributed by atoms with van der Waals surface area (Å²) in [7, 11) is 0. The van der Waals surface area contributed by atoms with Gasteiger partial charge < -0.3 is 25.2 Å². The van der Waals surface area contributed by atoms with Crippen LogP contribution >= 0.6 is 0 Å². The van der Waals surface area contributed by atoms with Gasteiger partial charge in [-0.1, -0.05) is 12.1 Å². The van der Waals surface area contributed by atoms with Gasteiger partial charge >= 0.3 is 6.10 Å². The Morgan fingerprint density at radius 3 is 2.54 bits per heavy atom. The predicted molar refractivity (Wildman–Crippen MR) is 130 cm³/mol. The van der Waals surface area contributed by atoms with Crippen molar-refractivity contribution < 1.29 is 28.9 Å². The van der Waals surface area contributed by atoms with Crippen LogP contribution in [0.4, 0.5) is 14.5 Å². The summed E-state index contributed by atoms with van der Waals surface area (Å²) in [4.78, 5) is 35.0. The third-order valence-corrected chi connectivity index (χ3v) is 7.20. The molecule has 1 aromatic carbocycles. The second-order valence-corrected chi connectivity index (χ2v) is 9.54. The van der Waals surface area contributed by atoms with E-state index in [9.17, 15) is 18.4 Å². The number of halogens is 2. The highest BCUT2D eigenvalue weighted by atomic mass is 19.1. The number of fused-ring (bicyclic) bond motifs is 1. The molecule has 2 aromatic heterocycles. The first-order chi connectivity index (χ1) is 17.6. The van der Waals surface area contributed by atoms with Crippen molar-refractivity contribution in [1.29, 1.82) is 0 Å². The molecule has 1 aliphatic heterocycles. The van der Waals surface area contributed by atoms with Crippen LogP contribution in [0.3, 0.4) is 0 Å². The number of aromatic amines is 1. The molecule has 0 bridgehead atoms. The Morgan fingerprint density at radius 1 is 1.08 bits per heavy atom. The minimum atomic E-state index is -3.43. The number of benzene rings is 1. The summed E-state index contributed by atoms with van der Waals surface area (Å²) in [5.74, 6) is -2.38. The van der Waals surface area contributed by atoms with E-state index in [0.29, 0.717) is 37.6 Å². The highest BCUT2D eigenvalue weighted by Crippen LogP contribution is 2.37. The number of nitrogens with zero attached hydrogens (tertiary/aromatic N) is 3. The molecule has 5 rings (SSSR count). The largest absolute Gasteiger partial charge is 0.369 e. The fourth-order valence-corrected chi connectivity index (χ4v) is 5.42. The van der Waals surface area contributed by atoms with E-state index in [1.54, 1.807) is 12.1 Å². The van der Waals surface area contributed by atoms with Crippen molar-refractivity contribution in [1.82, 2.24) is 20.2 Å². The van der Waals surface area contributed by atoms with Crippen molar-refractivity contribution in [2.75, 3.05) is 31.1 Å². The van der Waals surface area contributed by atoms with Gasteiger partial charge in [0.15, 0.2) is 0 Å². The third-order valence-electron chi connectivity index (χ3n) is 7.20. The molecule has 2 fully saturated rings. The van der Waals surface area contributed by atoms with Crippen molar-refractivity contribution in [3.05, 3.63) is 69.9 Å². The van der Waals surface area contributed by atoms with Gasteiger partial charge in [-0.2, -0.15) is 4.39 Å². The van der Waals surface area contributed by atoms with Crippen LogP contribution < -0.4 is 15.8 Å². The number of aliphatic hydroxyl groups is 3. The van der Waals surface area contributed by atoms with E-state index < -0.39 is 35.0 Å². The number of aromatic nitrogens is 2. The van der Waals surface area contributed by atoms with E-state index >= 15 is 0 Å². The molecule has 3 aromatic rings. The van der Waals surface area contributed by atoms with E-state index in [1.807, 2.05) is 11.0 Å². The highest BCUT2D eigenvalue weighted by Gasteiger charge is 2.33. The number of nitrogens with one attached hydrogen (secondary N) is 2. The van der Waals surface area contributed by atoms with Crippen molar-refractivity contribution >= 4 is 22.4 Å². The maximum atomic E-state index is 14.6. The molecule has 12 heteroatoms. The summed E-state index contributed by atoms with van der Waals surface area (Å²) < 4.78 is 28.7. The average Bonchev–Trinajstić information content (AvgIpc) is 3.33. The smallest absolute Gasteiger partial charge is 0.365 e. The van der Waals surface area contributed by atoms with Crippen LogP contribution in [-0.4, -0.2) is 74.4 Å². The molecule has 1 saturated heterocycles. The first-order valence-electron chi connectivity index (χ1n) is 12.1. The molecular formula is C25H27F2N5O5. The second kappa shape index (κ2) is 9.78. The fraction of sp³-hybridized carbons (Fsp3) is 0.400. The van der Waals surface area contributed by atoms with E-state index in [-0.39, 0.29) is 17.0 Å². The standard InChI is InChI=1S/C25H27F2N5O5/c26-17-3-1-2-15-13-19(29-24(34)21(15)17)14-4-5-16(12-14)31-8-10-32(11-9-31)20-7-6-18(28-22(20)27)23(33)30-25(35,36)37/h1-3,6-7,13-14,16,35-37H,4-5,8-12H2,(H,29,34)(H,30,33)/t14?,16-/m1/s1. The lowest BCUT2D eigenvalue weighted by Crippen LogP contribution is -2.50. The lowest BCUT2D eigenvalue weighted by Gasteiger charge is -2.39. The number of piperazine rings is 1. The zero-order valence-corrected chi connectivity index (χ0v) is 19.8. The van der Waals surface area contributed by atoms with Gasteiger partial charge in [0.1, 0.15) is 11.5 Å². The van der Waals surface area contributed by atoms with Crippen LogP contribution in [0.1, 0.15) is 41.4 Å². The van der Waals surface area contributed by atoms with Crippen LogP contribution in [0.5, 0.6) is 0 Å². The molecule has 0 spiro atoms. The Hall–Kier alpha value is -3.45. The van der Waals surface area contributed by atoms with Crippen molar-refractivity contribution in [3.8, 4) is 0 Å². The Bertz CT molecular complexity index is 1380. The fourth-order valence-electron chi connectivity index (χ4n) is 5.42. The average molecular weight is 516 g/mol. The Kier molecular flexibility index (Phi) is 6.67. The molecule has 3 heterocycles. The third kappa shape index (κ3) is 5.32. The molecule has 1 saturated carbocycles. The quantitative estimate of drug-likeness (QED) is 0.250. The van der Waals surface area contributed by atoms with Crippen molar-refractivity contribution in [2.24, 2.45) is 0 Å². The SMILES string of the molecule is O=C(NC(O)(O)O)c1ccc(N2CCN([C@@H]3CCC(c4cc5cccc(F)c5c(=O)[nH]4)C3)CC2)c(F)n1. The molecular weight excluding hydrogens is 488 g/mol. The highest BCUT2D eigenvalue weighted by molar-refractivity contribution is 5.92. The van der Waals surface area contributed by atoms with Crippen LogP contribution in [-0.2, 0) is 0 Å². The van der Waals surface area contributed by atoms with Gasteiger partial charge in [-0.15, -0.1) is 0 Å². The van der Waals surface area contributed by atoms with E-state index in [1.165, 1.54) is 23.5 Å². The predicted octanol–water partition coefficient (Wildman–Crippen LogP) is 0.978. The van der Waals surface area contributed by atoms with E-state index in [2.05, 4.69) is 14.9 Å². The number of carbonyl (C=O) groups is 1. The molecule has 37 heavy (non-hydrogen) atoms. The maximum absolute atomic E-state index is 14.6. The summed E-state index contributed by atoms with van der Waals surface area (Å²) in [6.45, 7) is 2.48. The van der Waals surface area contributed by atoms with E-state index in [4.69, 9.17) is 15.3 Å². The number of rotatable bonds is 5. The number of carbonyl (C=O) groups excluding carboxylic acids is 1. The molecule has 10 nitrogen and oxygen atoms in total. The minimum absolute atomic E-state index is 0.0793. The molecule has 2 atom stereocenters. The summed E-state index contributed by atoms with van der Waals surface area (Å²) in [6, 6.07) is 9.44. The number of amides is 1. The zero-order chi connectivity index (χ0) is 26.3. The minimum Gasteiger partial charge on any atom is -0.365 e. The maximum Gasteiger partial charge on any atom is 0.369 e. The lowest BCUT2D eigenvalue weighted by atomic mass is 10.00. The van der Waals surface area contributed by atoms with Crippen LogP contribution in [0.2, 0.25) is 0 Å². The lowest BCUT2D eigenvalue weighted by molar-refractivity contribution is -0.323. The van der Waals surface area contributed by atoms with Crippen LogP contribution in [0.15, 0.2) is 41.2 Å². The van der Waals surface area contributed by atoms with Gasteiger partial charge in [0.05, 0.1) is 11.1 Å². The van der Waals surface area contributed by atoms with Crippen LogP contribution in [0.25, 0.3) is 10.8 Å². The summed E-state index contributed by atoms with van der Waals surface area (Å²) in [5.41, 5.74) is 0.227. The zero-order valence-electron chi connectivity index (χ0n) is 19.8. The van der Waals surface area contributed by atoms with Crippen molar-refractivity contribution in [3.63, 3.8) is 0 Å². The summed E-state index contributed by atoms with van der Waals surface area (Å²) in [5, 5.41) is 28.7. The number of anilines is 1. The van der Waals surface area contributed by atoms with Crippen LogP contribution in [0, 0.1) is 11.8 Å². The normalized spacial score (nSPS) is 20.9. The summed E-state index contributed by atoms with van der Waals surface area (Å²) in [6.07, 6.45) is -0.709. The Morgan fingerprint density at radius 2 is 1.84 bits per heavy atom. The molecule has 0 radical (unpaired) electrons. The first-order valence-corrected chi connectivity index (χ1v) is 12.1. The second-order valence-electron chi connectivity index (χ2n) is 9.54. The molecule has 1 aliphatic carbocycles. The molecule has 2 aliphatic rings. The van der Waals surface area contributed by atoms with Gasteiger partial charge in [-0.25, -0.2) is 9.37 Å². The Labute approximate surface area is 210 Å². The number of H-pyrrole nitrogens is 1. The topological polar surface area (TPSA) is 142 Å². The molecule has 196 valence electrons. The van der Waals surface area contributed by atoms with Gasteiger partial charge in [0, 0.05) is 43.8 Å². The Balaban J connectivity index is 1.20. The monoisotopic (exact) mass is 515 g/mol. The van der Waals surface area contributed by atoms with Gasteiger partial charge in [-0.3, -0.25) is 19.8 Å². The first kappa shape index (κ1) is 25.2. The molecule has 5 N–H and O–H groups in total.